The quantitative estimate of drug-likeness (QED) is 0.912. The van der Waals surface area contributed by atoms with Crippen LogP contribution in [0.4, 0.5) is 11.4 Å². The summed E-state index contributed by atoms with van der Waals surface area (Å²) in [6.45, 7) is 6.40. The van der Waals surface area contributed by atoms with Crippen molar-refractivity contribution in [2.75, 3.05) is 16.8 Å². The number of fused-ring (bicyclic) bond motifs is 1. The summed E-state index contributed by atoms with van der Waals surface area (Å²) < 4.78 is 0. The summed E-state index contributed by atoms with van der Waals surface area (Å²) in [6, 6.07) is 14.9. The fourth-order valence-electron chi connectivity index (χ4n) is 2.95. The van der Waals surface area contributed by atoms with Crippen LogP contribution in [0.1, 0.15) is 36.7 Å². The largest absolute Gasteiger partial charge is 0.320 e. The molecule has 4 heteroatoms. The van der Waals surface area contributed by atoms with Crippen LogP contribution in [0.25, 0.3) is 0 Å². The molecule has 0 aliphatic carbocycles. The first kappa shape index (κ1) is 16.2. The van der Waals surface area contributed by atoms with Gasteiger partial charge in [-0.3, -0.25) is 9.59 Å². The minimum absolute atomic E-state index is 0.0719. The molecule has 0 radical (unpaired) electrons. The van der Waals surface area contributed by atoms with E-state index in [4.69, 9.17) is 0 Å². The number of anilines is 2. The molecule has 24 heavy (non-hydrogen) atoms. The van der Waals surface area contributed by atoms with Crippen molar-refractivity contribution < 1.29 is 9.59 Å². The number of carbonyl (C=O) groups excluding carboxylic acids is 2. The van der Waals surface area contributed by atoms with E-state index in [9.17, 15) is 9.59 Å². The molecule has 1 aliphatic heterocycles. The average molecular weight is 322 g/mol. The number of nitrogens with zero attached hydrogens (tertiary/aromatic N) is 1. The smallest absolute Gasteiger partial charge is 0.255 e. The van der Waals surface area contributed by atoms with Gasteiger partial charge in [-0.1, -0.05) is 51.1 Å². The molecule has 0 saturated carbocycles. The molecule has 1 aliphatic rings. The molecule has 0 bridgehead atoms. The Morgan fingerprint density at radius 3 is 2.38 bits per heavy atom. The minimum atomic E-state index is -0.460. The van der Waals surface area contributed by atoms with Gasteiger partial charge in [0.25, 0.3) is 5.91 Å². The molecule has 3 rings (SSSR count). The molecule has 1 heterocycles. The maximum Gasteiger partial charge on any atom is 0.255 e. The summed E-state index contributed by atoms with van der Waals surface area (Å²) in [6.07, 6.45) is 0.812. The van der Waals surface area contributed by atoms with Gasteiger partial charge in [-0.15, -0.1) is 0 Å². The lowest BCUT2D eigenvalue weighted by atomic mass is 9.94. The first-order chi connectivity index (χ1) is 11.4. The molecule has 0 spiro atoms. The van der Waals surface area contributed by atoms with Crippen molar-refractivity contribution in [3.8, 4) is 0 Å². The standard InChI is InChI=1S/C20H22N2O2/c1-20(2,3)19(24)22-13-12-14-10-7-11-16(17(14)22)21-18(23)15-8-5-4-6-9-15/h4-11H,12-13H2,1-3H3,(H,21,23). The van der Waals surface area contributed by atoms with Gasteiger partial charge in [-0.2, -0.15) is 0 Å². The van der Waals surface area contributed by atoms with Crippen molar-refractivity contribution in [2.45, 2.75) is 27.2 Å². The zero-order valence-corrected chi connectivity index (χ0v) is 14.3. The van der Waals surface area contributed by atoms with Gasteiger partial charge in [-0.25, -0.2) is 0 Å². The summed E-state index contributed by atoms with van der Waals surface area (Å²) in [4.78, 5) is 27.0. The fourth-order valence-corrected chi connectivity index (χ4v) is 2.95. The zero-order valence-electron chi connectivity index (χ0n) is 14.3. The Morgan fingerprint density at radius 1 is 1.00 bits per heavy atom. The van der Waals surface area contributed by atoms with Gasteiger partial charge in [0, 0.05) is 17.5 Å². The summed E-state index contributed by atoms with van der Waals surface area (Å²) in [5.74, 6) is -0.0956. The second kappa shape index (κ2) is 6.11. The first-order valence-corrected chi connectivity index (χ1v) is 8.18. The van der Waals surface area contributed by atoms with Crippen molar-refractivity contribution in [3.63, 3.8) is 0 Å². The molecule has 4 nitrogen and oxygen atoms in total. The molecule has 0 aromatic heterocycles. The molecular formula is C20H22N2O2. The molecule has 2 amide bonds. The van der Waals surface area contributed by atoms with Crippen LogP contribution in [0.15, 0.2) is 48.5 Å². The third kappa shape index (κ3) is 3.04. The van der Waals surface area contributed by atoms with E-state index in [1.165, 1.54) is 0 Å². The molecule has 2 aromatic carbocycles. The summed E-state index contributed by atoms with van der Waals surface area (Å²) >= 11 is 0. The second-order valence-electron chi connectivity index (χ2n) is 7.09. The van der Waals surface area contributed by atoms with Crippen molar-refractivity contribution in [3.05, 3.63) is 59.7 Å². The van der Waals surface area contributed by atoms with Crippen LogP contribution in [-0.4, -0.2) is 18.4 Å². The Bertz CT molecular complexity index is 776. The Labute approximate surface area is 142 Å². The highest BCUT2D eigenvalue weighted by Crippen LogP contribution is 2.38. The highest BCUT2D eigenvalue weighted by Gasteiger charge is 2.34. The van der Waals surface area contributed by atoms with E-state index < -0.39 is 5.41 Å². The maximum atomic E-state index is 12.8. The third-order valence-corrected chi connectivity index (χ3v) is 4.17. The SMILES string of the molecule is CC(C)(C)C(=O)N1CCc2cccc(NC(=O)c3ccccc3)c21. The topological polar surface area (TPSA) is 49.4 Å². The van der Waals surface area contributed by atoms with Gasteiger partial charge < -0.3 is 10.2 Å². The van der Waals surface area contributed by atoms with Crippen LogP contribution in [0.5, 0.6) is 0 Å². The van der Waals surface area contributed by atoms with E-state index in [1.54, 1.807) is 17.0 Å². The highest BCUT2D eigenvalue weighted by molar-refractivity contribution is 6.09. The van der Waals surface area contributed by atoms with Crippen LogP contribution in [0, 0.1) is 5.41 Å². The predicted octanol–water partition coefficient (Wildman–Crippen LogP) is 3.87. The normalized spacial score (nSPS) is 13.5. The van der Waals surface area contributed by atoms with Crippen LogP contribution < -0.4 is 10.2 Å². The van der Waals surface area contributed by atoms with E-state index in [2.05, 4.69) is 5.32 Å². The third-order valence-electron chi connectivity index (χ3n) is 4.17. The Morgan fingerprint density at radius 2 is 1.71 bits per heavy atom. The zero-order chi connectivity index (χ0) is 17.3. The molecule has 0 atom stereocenters. The molecule has 0 saturated heterocycles. The Hall–Kier alpha value is -2.62. The van der Waals surface area contributed by atoms with Gasteiger partial charge in [-0.05, 0) is 30.2 Å². The van der Waals surface area contributed by atoms with E-state index in [1.807, 2.05) is 57.2 Å². The second-order valence-corrected chi connectivity index (χ2v) is 7.09. The summed E-state index contributed by atoms with van der Waals surface area (Å²) in [5, 5.41) is 2.96. The first-order valence-electron chi connectivity index (χ1n) is 8.18. The van der Waals surface area contributed by atoms with E-state index in [-0.39, 0.29) is 11.8 Å². The number of hydrogen-bond acceptors (Lipinski definition) is 2. The van der Waals surface area contributed by atoms with E-state index in [0.29, 0.717) is 17.8 Å². The van der Waals surface area contributed by atoms with Gasteiger partial charge in [0.2, 0.25) is 5.91 Å². The minimum Gasteiger partial charge on any atom is -0.320 e. The lowest BCUT2D eigenvalue weighted by molar-refractivity contribution is -0.125. The maximum absolute atomic E-state index is 12.8. The van der Waals surface area contributed by atoms with Gasteiger partial charge in [0.15, 0.2) is 0 Å². The number of carbonyl (C=O) groups is 2. The fraction of sp³-hybridized carbons (Fsp3) is 0.300. The molecular weight excluding hydrogens is 300 g/mol. The number of amides is 2. The number of benzene rings is 2. The predicted molar refractivity (Wildman–Crippen MR) is 96.3 cm³/mol. The van der Waals surface area contributed by atoms with Crippen molar-refractivity contribution in [1.29, 1.82) is 0 Å². The highest BCUT2D eigenvalue weighted by atomic mass is 16.2. The average Bonchev–Trinajstić information content (AvgIpc) is 2.99. The molecule has 0 unspecified atom stereocenters. The number of para-hydroxylation sites is 1. The summed E-state index contributed by atoms with van der Waals surface area (Å²) in [7, 11) is 0. The number of nitrogens with one attached hydrogen (secondary N) is 1. The van der Waals surface area contributed by atoms with Crippen molar-refractivity contribution >= 4 is 23.2 Å². The number of rotatable bonds is 2. The van der Waals surface area contributed by atoms with Crippen LogP contribution in [0.3, 0.4) is 0 Å². The lowest BCUT2D eigenvalue weighted by Gasteiger charge is -2.27. The molecule has 124 valence electrons. The van der Waals surface area contributed by atoms with E-state index in [0.717, 1.165) is 17.7 Å². The molecule has 1 N–H and O–H groups in total. The number of hydrogen-bond donors (Lipinski definition) is 1. The molecule has 2 aromatic rings. The Kier molecular flexibility index (Phi) is 4.14. The lowest BCUT2D eigenvalue weighted by Crippen LogP contribution is -2.38. The monoisotopic (exact) mass is 322 g/mol. The van der Waals surface area contributed by atoms with Crippen LogP contribution in [-0.2, 0) is 11.2 Å². The Balaban J connectivity index is 1.93. The van der Waals surface area contributed by atoms with Gasteiger partial charge in [0.1, 0.15) is 0 Å². The van der Waals surface area contributed by atoms with Crippen molar-refractivity contribution in [1.82, 2.24) is 0 Å². The van der Waals surface area contributed by atoms with Crippen LogP contribution in [0.2, 0.25) is 0 Å². The van der Waals surface area contributed by atoms with Gasteiger partial charge in [0.05, 0.1) is 11.4 Å². The molecule has 0 fully saturated rings. The van der Waals surface area contributed by atoms with Crippen molar-refractivity contribution in [2.24, 2.45) is 5.41 Å². The summed E-state index contributed by atoms with van der Waals surface area (Å²) in [5.41, 5.74) is 2.76. The van der Waals surface area contributed by atoms with Gasteiger partial charge >= 0.3 is 0 Å². The van der Waals surface area contributed by atoms with Crippen LogP contribution >= 0.6 is 0 Å². The van der Waals surface area contributed by atoms with E-state index >= 15 is 0 Å².